The van der Waals surface area contributed by atoms with E-state index in [4.69, 9.17) is 4.98 Å². The Labute approximate surface area is 236 Å². The molecule has 3 aromatic heterocycles. The molecule has 6 rings (SSSR count). The van der Waals surface area contributed by atoms with Gasteiger partial charge >= 0.3 is 0 Å². The van der Waals surface area contributed by atoms with Crippen molar-refractivity contribution in [1.82, 2.24) is 34.7 Å². The number of nitrogens with zero attached hydrogens (tertiary/aromatic N) is 7. The molecule has 1 unspecified atom stereocenters. The van der Waals surface area contributed by atoms with Gasteiger partial charge in [0.05, 0.1) is 23.3 Å². The van der Waals surface area contributed by atoms with E-state index in [-0.39, 0.29) is 0 Å². The molecule has 0 saturated heterocycles. The number of aromatic nitrogens is 7. The van der Waals surface area contributed by atoms with Crippen LogP contribution in [-0.4, -0.2) is 53.9 Å². The van der Waals surface area contributed by atoms with Crippen molar-refractivity contribution in [2.75, 3.05) is 0 Å². The van der Waals surface area contributed by atoms with Crippen molar-refractivity contribution in [1.29, 1.82) is 0 Å². The van der Waals surface area contributed by atoms with E-state index < -0.39 is 15.4 Å². The van der Waals surface area contributed by atoms with E-state index in [9.17, 15) is 13.0 Å². The minimum absolute atomic E-state index is 0.299. The third-order valence-electron chi connectivity index (χ3n) is 6.93. The van der Waals surface area contributed by atoms with Crippen molar-refractivity contribution in [3.63, 3.8) is 0 Å². The molecule has 2 aliphatic rings. The number of aromatic amines is 1. The Kier molecular flexibility index (Phi) is 7.49. The number of benzene rings is 1. The number of nitrogens with one attached hydrogen (secondary N) is 1. The minimum atomic E-state index is -4.19. The average Bonchev–Trinajstić information content (AvgIpc) is 3.75. The summed E-state index contributed by atoms with van der Waals surface area (Å²) in [7, 11) is -4.19. The highest BCUT2D eigenvalue weighted by atomic mass is 32.2. The molecule has 41 heavy (non-hydrogen) atoms. The second kappa shape index (κ2) is 11.5. The zero-order valence-electron chi connectivity index (χ0n) is 22.1. The van der Waals surface area contributed by atoms with Crippen molar-refractivity contribution in [3.8, 4) is 0 Å². The number of rotatable bonds is 9. The van der Waals surface area contributed by atoms with Crippen LogP contribution in [0.3, 0.4) is 0 Å². The van der Waals surface area contributed by atoms with Gasteiger partial charge in [0.15, 0.2) is 5.65 Å². The van der Waals surface area contributed by atoms with Crippen LogP contribution in [0.1, 0.15) is 60.0 Å². The summed E-state index contributed by atoms with van der Waals surface area (Å²) in [6.45, 7) is 0.598. The Morgan fingerprint density at radius 1 is 0.805 bits per heavy atom. The first-order chi connectivity index (χ1) is 19.9. The van der Waals surface area contributed by atoms with Crippen molar-refractivity contribution in [2.45, 2.75) is 43.9 Å². The van der Waals surface area contributed by atoms with Crippen LogP contribution in [-0.2, 0) is 16.7 Å². The van der Waals surface area contributed by atoms with Gasteiger partial charge in [-0.3, -0.25) is 9.12 Å². The molecule has 4 aromatic rings. The fraction of sp³-hybridized carbons (Fsp3) is 0.241. The Morgan fingerprint density at radius 3 is 2.32 bits per heavy atom. The normalized spacial score (nSPS) is 13.5. The molecule has 1 atom stereocenters. The van der Waals surface area contributed by atoms with Crippen molar-refractivity contribution < 1.29 is 13.0 Å². The lowest BCUT2D eigenvalue weighted by molar-refractivity contribution is 0.458. The van der Waals surface area contributed by atoms with E-state index in [1.54, 1.807) is 30.5 Å². The third kappa shape index (κ3) is 6.44. The average molecular weight is 569 g/mol. The standard InChI is InChI=1S/C29H28N8O3S/c38-41(39,40)26(20-8-4-3-5-9-20)10-6-1-2-7-15-37-27-18-24-14-13-22(32-24)16-21-11-12-23(31-21)17-25-19-30-28(33-25)34-29(37)36-35-27/h3-5,8-9,11-14,16-19,26,31H,1-2,6-7,10,15H2,(H,38,39,40). The molecule has 8 bridgehead atoms. The maximum absolute atomic E-state index is 12.0. The van der Waals surface area contributed by atoms with Gasteiger partial charge < -0.3 is 4.98 Å². The molecule has 0 saturated carbocycles. The highest BCUT2D eigenvalue weighted by Crippen LogP contribution is 2.27. The first kappa shape index (κ1) is 26.7. The van der Waals surface area contributed by atoms with E-state index in [0.717, 1.165) is 41.7 Å². The molecule has 2 N–H and O–H groups in total. The maximum Gasteiger partial charge on any atom is 0.271 e. The number of hydrogen-bond acceptors (Lipinski definition) is 8. The lowest BCUT2D eigenvalue weighted by Gasteiger charge is -2.14. The molecular formula is C29H28N8O3S. The topological polar surface area (TPSA) is 152 Å². The highest BCUT2D eigenvalue weighted by Gasteiger charge is 2.24. The van der Waals surface area contributed by atoms with Crippen LogP contribution in [0.25, 0.3) is 34.6 Å². The summed E-state index contributed by atoms with van der Waals surface area (Å²) in [6, 6.07) is 18.5. The number of unbranched alkanes of at least 4 members (excludes halogenated alkanes) is 3. The van der Waals surface area contributed by atoms with E-state index in [0.29, 0.717) is 48.0 Å². The van der Waals surface area contributed by atoms with Crippen molar-refractivity contribution in [3.05, 3.63) is 83.3 Å². The van der Waals surface area contributed by atoms with E-state index >= 15 is 0 Å². The summed E-state index contributed by atoms with van der Waals surface area (Å²) in [4.78, 5) is 21.4. The van der Waals surface area contributed by atoms with Crippen LogP contribution in [0.15, 0.2) is 65.7 Å². The van der Waals surface area contributed by atoms with Gasteiger partial charge in [-0.2, -0.15) is 13.4 Å². The first-order valence-electron chi connectivity index (χ1n) is 13.4. The molecule has 1 aromatic carbocycles. The summed E-state index contributed by atoms with van der Waals surface area (Å²) in [5, 5.41) is 7.74. The Morgan fingerprint density at radius 2 is 1.54 bits per heavy atom. The number of H-pyrrole nitrogens is 1. The van der Waals surface area contributed by atoms with Gasteiger partial charge in [0, 0.05) is 23.6 Å². The van der Waals surface area contributed by atoms with Gasteiger partial charge in [-0.25, -0.2) is 15.0 Å². The SMILES string of the molecule is O=S(=O)(O)C(CCCCCCn1c2cc3nc(cc4ccc(cc5nc(nc1nn2)N=C5)[nH]4)C=C3)c1ccccc1. The molecule has 0 amide bonds. The molecule has 208 valence electrons. The number of aliphatic imine (C=N–C) groups is 1. The van der Waals surface area contributed by atoms with Gasteiger partial charge in [-0.15, -0.1) is 10.2 Å². The van der Waals surface area contributed by atoms with Gasteiger partial charge in [-0.1, -0.05) is 49.6 Å². The third-order valence-corrected chi connectivity index (χ3v) is 8.16. The van der Waals surface area contributed by atoms with Gasteiger partial charge in [-0.05, 0) is 54.8 Å². The maximum atomic E-state index is 12.0. The van der Waals surface area contributed by atoms with Gasteiger partial charge in [0.25, 0.3) is 21.8 Å². The second-order valence-electron chi connectivity index (χ2n) is 9.93. The molecule has 0 aliphatic carbocycles. The van der Waals surface area contributed by atoms with Crippen LogP contribution in [0.5, 0.6) is 0 Å². The fourth-order valence-electron chi connectivity index (χ4n) is 4.93. The zero-order chi connectivity index (χ0) is 28.2. The molecule has 0 fully saturated rings. The predicted octanol–water partition coefficient (Wildman–Crippen LogP) is 5.47. The summed E-state index contributed by atoms with van der Waals surface area (Å²) in [6.07, 6.45) is 9.01. The van der Waals surface area contributed by atoms with Gasteiger partial charge in [0.2, 0.25) is 0 Å². The Hall–Kier alpha value is -4.55. The number of aryl methyl sites for hydroxylation is 1. The summed E-state index contributed by atoms with van der Waals surface area (Å²) in [5.74, 6) is 0.698. The van der Waals surface area contributed by atoms with Gasteiger partial charge in [0.1, 0.15) is 5.25 Å². The predicted molar refractivity (Wildman–Crippen MR) is 158 cm³/mol. The van der Waals surface area contributed by atoms with Crippen molar-refractivity contribution in [2.24, 2.45) is 4.99 Å². The number of fused-ring (bicyclic) bond motifs is 8. The fourth-order valence-corrected chi connectivity index (χ4v) is 5.90. The van der Waals surface area contributed by atoms with Crippen LogP contribution < -0.4 is 0 Å². The molecular weight excluding hydrogens is 540 g/mol. The summed E-state index contributed by atoms with van der Waals surface area (Å²) in [5.41, 5.74) is 5.30. The summed E-state index contributed by atoms with van der Waals surface area (Å²) >= 11 is 0. The van der Waals surface area contributed by atoms with Crippen LogP contribution in [0.4, 0.5) is 5.95 Å². The highest BCUT2D eigenvalue weighted by molar-refractivity contribution is 7.86. The van der Waals surface area contributed by atoms with Crippen LogP contribution in [0, 0.1) is 0 Å². The van der Waals surface area contributed by atoms with E-state index in [1.807, 2.05) is 53.1 Å². The molecule has 5 heterocycles. The molecule has 0 radical (unpaired) electrons. The Bertz CT molecular complexity index is 1800. The lowest BCUT2D eigenvalue weighted by Crippen LogP contribution is -2.12. The molecule has 0 spiro atoms. The molecule has 11 nitrogen and oxygen atoms in total. The Balaban J connectivity index is 1.23. The molecule has 12 heteroatoms. The minimum Gasteiger partial charge on any atom is -0.355 e. The summed E-state index contributed by atoms with van der Waals surface area (Å²) < 4.78 is 35.6. The quantitative estimate of drug-likeness (QED) is 0.172. The number of hydrogen-bond donors (Lipinski definition) is 2. The molecule has 2 aliphatic heterocycles. The largest absolute Gasteiger partial charge is 0.355 e. The van der Waals surface area contributed by atoms with E-state index in [2.05, 4.69) is 30.1 Å². The first-order valence-corrected chi connectivity index (χ1v) is 14.9. The van der Waals surface area contributed by atoms with Crippen LogP contribution >= 0.6 is 0 Å². The second-order valence-corrected chi connectivity index (χ2v) is 11.5. The van der Waals surface area contributed by atoms with Crippen LogP contribution in [0.2, 0.25) is 0 Å². The smallest absolute Gasteiger partial charge is 0.271 e. The van der Waals surface area contributed by atoms with E-state index in [1.165, 1.54) is 0 Å². The lowest BCUT2D eigenvalue weighted by atomic mass is 10.0. The van der Waals surface area contributed by atoms with Crippen molar-refractivity contribution >= 4 is 56.9 Å². The monoisotopic (exact) mass is 568 g/mol. The zero-order valence-corrected chi connectivity index (χ0v) is 22.9.